The van der Waals surface area contributed by atoms with Gasteiger partial charge in [-0.15, -0.1) is 0 Å². The van der Waals surface area contributed by atoms with Crippen molar-refractivity contribution in [3.05, 3.63) is 59.7 Å². The Morgan fingerprint density at radius 1 is 1.07 bits per heavy atom. The van der Waals surface area contributed by atoms with Crippen molar-refractivity contribution in [2.24, 2.45) is 0 Å². The molecule has 0 radical (unpaired) electrons. The molecule has 160 valence electrons. The van der Waals surface area contributed by atoms with Gasteiger partial charge < -0.3 is 19.9 Å². The van der Waals surface area contributed by atoms with Gasteiger partial charge in [-0.2, -0.15) is 8.42 Å². The Morgan fingerprint density at radius 3 is 2.10 bits per heavy atom. The summed E-state index contributed by atoms with van der Waals surface area (Å²) in [4.78, 5) is 23.7. The number of rotatable bonds is 8. The van der Waals surface area contributed by atoms with E-state index in [4.69, 9.17) is 14.0 Å². The van der Waals surface area contributed by atoms with Crippen LogP contribution in [-0.4, -0.2) is 54.8 Å². The molecule has 0 bridgehead atoms. The van der Waals surface area contributed by atoms with Gasteiger partial charge in [-0.05, 0) is 29.2 Å². The molecular weight excluding hydrogens is 414 g/mol. The Hall–Kier alpha value is -2.95. The molecule has 2 aromatic rings. The molecule has 0 heterocycles. The average molecular weight is 435 g/mol. The molecule has 1 amide bonds. The Balaban J connectivity index is 1.65. The van der Waals surface area contributed by atoms with E-state index in [0.717, 1.165) is 22.3 Å². The summed E-state index contributed by atoms with van der Waals surface area (Å²) in [7, 11) is -4.44. The van der Waals surface area contributed by atoms with E-state index in [1.54, 1.807) is 0 Å². The maximum Gasteiger partial charge on any atom is 0.407 e. The number of carbonyl (C=O) groups is 2. The summed E-state index contributed by atoms with van der Waals surface area (Å²) in [5, 5.41) is 11.5. The summed E-state index contributed by atoms with van der Waals surface area (Å²) in [5.41, 5.74) is 4.12. The normalized spacial score (nSPS) is 15.0. The monoisotopic (exact) mass is 435 g/mol. The summed E-state index contributed by atoms with van der Waals surface area (Å²) in [5.74, 6) is -2.73. The van der Waals surface area contributed by atoms with Gasteiger partial charge in [-0.3, -0.25) is 4.55 Å². The predicted molar refractivity (Wildman–Crippen MR) is 107 cm³/mol. The van der Waals surface area contributed by atoms with Crippen LogP contribution >= 0.6 is 0 Å². The lowest BCUT2D eigenvalue weighted by Crippen LogP contribution is -2.49. The number of fused-ring (bicyclic) bond motifs is 3. The van der Waals surface area contributed by atoms with E-state index in [1.807, 2.05) is 48.5 Å². The van der Waals surface area contributed by atoms with E-state index in [-0.39, 0.29) is 12.5 Å². The van der Waals surface area contributed by atoms with Crippen LogP contribution in [0.3, 0.4) is 0 Å². The first-order chi connectivity index (χ1) is 14.2. The Morgan fingerprint density at radius 2 is 1.60 bits per heavy atom. The molecule has 0 unspecified atom stereocenters. The van der Waals surface area contributed by atoms with Crippen LogP contribution < -0.4 is 5.32 Å². The molecule has 0 fully saturated rings. The van der Waals surface area contributed by atoms with Crippen LogP contribution in [0.5, 0.6) is 0 Å². The minimum Gasteiger partial charge on any atom is -0.480 e. The van der Waals surface area contributed by atoms with Gasteiger partial charge >= 0.3 is 12.1 Å². The van der Waals surface area contributed by atoms with Crippen molar-refractivity contribution < 1.29 is 37.1 Å². The fraction of sp³-hybridized carbons (Fsp3) is 0.300. The number of carbonyl (C=O) groups excluding carboxylic acids is 1. The van der Waals surface area contributed by atoms with Crippen LogP contribution in [0.2, 0.25) is 0 Å². The van der Waals surface area contributed by atoms with E-state index >= 15 is 0 Å². The van der Waals surface area contributed by atoms with Crippen LogP contribution in [0.4, 0.5) is 4.79 Å². The van der Waals surface area contributed by atoms with E-state index in [0.29, 0.717) is 0 Å². The number of amides is 1. The first-order valence-electron chi connectivity index (χ1n) is 9.08. The summed E-state index contributed by atoms with van der Waals surface area (Å²) in [6, 6.07) is 14.0. The molecular formula is C20H21NO8S. The molecule has 0 aliphatic heterocycles. The number of carboxylic acid groups (broad SMARTS) is 1. The summed E-state index contributed by atoms with van der Waals surface area (Å²) >= 11 is 0. The van der Waals surface area contributed by atoms with Gasteiger partial charge in [-0.1, -0.05) is 48.5 Å². The van der Waals surface area contributed by atoms with Crippen molar-refractivity contribution in [1.82, 2.24) is 5.32 Å². The molecule has 1 aliphatic carbocycles. The number of benzene rings is 2. The fourth-order valence-corrected chi connectivity index (χ4v) is 3.82. The average Bonchev–Trinajstić information content (AvgIpc) is 3.02. The van der Waals surface area contributed by atoms with E-state index in [9.17, 15) is 23.1 Å². The maximum atomic E-state index is 12.2. The zero-order valence-corrected chi connectivity index (χ0v) is 16.8. The van der Waals surface area contributed by atoms with Gasteiger partial charge in [0, 0.05) is 5.92 Å². The SMILES string of the molecule is C[C@@H](OCS(=O)(=O)O)[C@H](NC(=O)OCC1c2ccccc2-c2ccccc21)C(=O)O. The highest BCUT2D eigenvalue weighted by molar-refractivity contribution is 7.85. The Kier molecular flexibility index (Phi) is 6.40. The van der Waals surface area contributed by atoms with Crippen LogP contribution in [0.1, 0.15) is 24.0 Å². The third-order valence-corrected chi connectivity index (χ3v) is 5.27. The molecule has 0 spiro atoms. The summed E-state index contributed by atoms with van der Waals surface area (Å²) in [6.45, 7) is 1.25. The van der Waals surface area contributed by atoms with Crippen molar-refractivity contribution in [2.45, 2.75) is 25.0 Å². The number of ether oxygens (including phenoxy) is 2. The topological polar surface area (TPSA) is 139 Å². The molecule has 0 saturated carbocycles. The number of hydrogen-bond donors (Lipinski definition) is 3. The van der Waals surface area contributed by atoms with E-state index < -0.39 is 40.3 Å². The lowest BCUT2D eigenvalue weighted by atomic mass is 9.98. The molecule has 2 aromatic carbocycles. The molecule has 2 atom stereocenters. The lowest BCUT2D eigenvalue weighted by Gasteiger charge is -2.21. The molecule has 1 aliphatic rings. The molecule has 0 saturated heterocycles. The van der Waals surface area contributed by atoms with Gasteiger partial charge in [0.1, 0.15) is 6.61 Å². The number of carboxylic acids is 1. The summed E-state index contributed by atoms with van der Waals surface area (Å²) in [6.07, 6.45) is -2.21. The van der Waals surface area contributed by atoms with Gasteiger partial charge in [0.15, 0.2) is 12.0 Å². The highest BCUT2D eigenvalue weighted by Crippen LogP contribution is 2.44. The smallest absolute Gasteiger partial charge is 0.407 e. The van der Waals surface area contributed by atoms with Crippen molar-refractivity contribution in [1.29, 1.82) is 0 Å². The maximum absolute atomic E-state index is 12.2. The van der Waals surface area contributed by atoms with Gasteiger partial charge in [-0.25, -0.2) is 9.59 Å². The largest absolute Gasteiger partial charge is 0.480 e. The predicted octanol–water partition coefficient (Wildman–Crippen LogP) is 2.23. The second kappa shape index (κ2) is 8.82. The van der Waals surface area contributed by atoms with Crippen LogP contribution in [0, 0.1) is 0 Å². The zero-order chi connectivity index (χ0) is 21.9. The highest BCUT2D eigenvalue weighted by atomic mass is 32.2. The van der Waals surface area contributed by atoms with Crippen molar-refractivity contribution in [3.63, 3.8) is 0 Å². The minimum absolute atomic E-state index is 0.00748. The zero-order valence-electron chi connectivity index (χ0n) is 16.0. The highest BCUT2D eigenvalue weighted by Gasteiger charge is 2.31. The van der Waals surface area contributed by atoms with Gasteiger partial charge in [0.25, 0.3) is 10.1 Å². The molecule has 0 aromatic heterocycles. The third-order valence-electron chi connectivity index (χ3n) is 4.83. The van der Waals surface area contributed by atoms with E-state index in [2.05, 4.69) is 5.32 Å². The van der Waals surface area contributed by atoms with Crippen LogP contribution in [0.25, 0.3) is 11.1 Å². The molecule has 10 heteroatoms. The third kappa shape index (κ3) is 4.96. The number of nitrogens with one attached hydrogen (secondary N) is 1. The summed E-state index contributed by atoms with van der Waals surface area (Å²) < 4.78 is 40.4. The molecule has 9 nitrogen and oxygen atoms in total. The molecule has 3 N–H and O–H groups in total. The van der Waals surface area contributed by atoms with Gasteiger partial charge in [0.2, 0.25) is 0 Å². The number of hydrogen-bond acceptors (Lipinski definition) is 6. The van der Waals surface area contributed by atoms with E-state index in [1.165, 1.54) is 6.92 Å². The Labute approximate surface area is 173 Å². The standard InChI is InChI=1S/C20H21NO8S/c1-12(29-11-30(25,26)27)18(19(22)23)21-20(24)28-10-17-15-8-4-2-6-13(15)14-7-3-5-9-16(14)17/h2-9,12,17-18H,10-11H2,1H3,(H,21,24)(H,22,23)(H,25,26,27)/t12-,18+/m1/s1. The van der Waals surface area contributed by atoms with Crippen LogP contribution in [-0.2, 0) is 24.4 Å². The first kappa shape index (κ1) is 21.8. The number of aliphatic carboxylic acids is 1. The van der Waals surface area contributed by atoms with Gasteiger partial charge in [0.05, 0.1) is 6.10 Å². The second-order valence-electron chi connectivity index (χ2n) is 6.86. The molecule has 3 rings (SSSR count). The molecule has 30 heavy (non-hydrogen) atoms. The lowest BCUT2D eigenvalue weighted by molar-refractivity contribution is -0.142. The minimum atomic E-state index is -4.44. The quantitative estimate of drug-likeness (QED) is 0.537. The van der Waals surface area contributed by atoms with Crippen molar-refractivity contribution in [2.75, 3.05) is 12.5 Å². The second-order valence-corrected chi connectivity index (χ2v) is 8.26. The Bertz CT molecular complexity index is 1010. The first-order valence-corrected chi connectivity index (χ1v) is 10.7. The fourth-order valence-electron chi connectivity index (χ4n) is 3.44. The number of alkyl carbamates (subject to hydrolysis) is 1. The van der Waals surface area contributed by atoms with Crippen LogP contribution in [0.15, 0.2) is 48.5 Å². The van der Waals surface area contributed by atoms with Crippen molar-refractivity contribution in [3.8, 4) is 11.1 Å². The van der Waals surface area contributed by atoms with Crippen molar-refractivity contribution >= 4 is 22.2 Å².